The van der Waals surface area contributed by atoms with Gasteiger partial charge in [-0.1, -0.05) is 0 Å². The summed E-state index contributed by atoms with van der Waals surface area (Å²) < 4.78 is 0. The molecule has 8 heteroatoms. The quantitative estimate of drug-likeness (QED) is 0.705. The van der Waals surface area contributed by atoms with Gasteiger partial charge in [0.25, 0.3) is 0 Å². The van der Waals surface area contributed by atoms with E-state index in [1.165, 1.54) is 21.1 Å². The van der Waals surface area contributed by atoms with Crippen molar-refractivity contribution < 1.29 is 5.11 Å². The molecule has 1 unspecified atom stereocenters. The van der Waals surface area contributed by atoms with Gasteiger partial charge in [0.15, 0.2) is 0 Å². The molecule has 0 aromatic carbocycles. The third kappa shape index (κ3) is 4.00. The van der Waals surface area contributed by atoms with Crippen LogP contribution in [0.5, 0.6) is 0 Å². The van der Waals surface area contributed by atoms with Crippen LogP contribution >= 0.6 is 36.2 Å². The number of hydrogen-bond donors (Lipinski definition) is 3. The van der Waals surface area contributed by atoms with E-state index in [9.17, 15) is 5.11 Å². The number of anilines is 1. The van der Waals surface area contributed by atoms with E-state index in [0.717, 1.165) is 36.6 Å². The first-order valence-corrected chi connectivity index (χ1v) is 9.20. The topological polar surface area (TPSA) is 60.4 Å². The van der Waals surface area contributed by atoms with Crippen LogP contribution in [0, 0.1) is 6.92 Å². The van der Waals surface area contributed by atoms with Crippen LogP contribution in [0.25, 0.3) is 11.9 Å². The van der Waals surface area contributed by atoms with E-state index in [1.807, 2.05) is 12.3 Å². The van der Waals surface area contributed by atoms with E-state index < -0.39 is 0 Å². The van der Waals surface area contributed by atoms with Crippen molar-refractivity contribution >= 4 is 53.0 Å². The van der Waals surface area contributed by atoms with E-state index in [1.54, 1.807) is 11.3 Å². The summed E-state index contributed by atoms with van der Waals surface area (Å²) in [6, 6.07) is 6.65. The SMILES string of the molecule is Cc1cc2c(s1)NC=c1cccnc1=C2N1CCNC(CCO)C1.Cl.Cl. The van der Waals surface area contributed by atoms with Gasteiger partial charge in [-0.3, -0.25) is 4.98 Å². The summed E-state index contributed by atoms with van der Waals surface area (Å²) in [5, 5.41) is 19.6. The van der Waals surface area contributed by atoms with Crippen LogP contribution in [0.3, 0.4) is 0 Å². The Bertz CT molecular complexity index is 868. The van der Waals surface area contributed by atoms with Crippen molar-refractivity contribution in [2.45, 2.75) is 19.4 Å². The fourth-order valence-electron chi connectivity index (χ4n) is 3.50. The molecule has 0 amide bonds. The summed E-state index contributed by atoms with van der Waals surface area (Å²) >= 11 is 1.78. The van der Waals surface area contributed by atoms with Crippen LogP contribution in [0.1, 0.15) is 16.9 Å². The molecule has 4 heterocycles. The lowest BCUT2D eigenvalue weighted by Crippen LogP contribution is -2.52. The number of fused-ring (bicyclic) bond motifs is 2. The zero-order valence-corrected chi connectivity index (χ0v) is 17.0. The molecule has 1 saturated heterocycles. The minimum Gasteiger partial charge on any atom is -0.396 e. The van der Waals surface area contributed by atoms with Crippen LogP contribution in [0.2, 0.25) is 0 Å². The number of thiophene rings is 1. The van der Waals surface area contributed by atoms with Crippen molar-refractivity contribution in [1.82, 2.24) is 15.2 Å². The second kappa shape index (κ2) is 9.06. The molecule has 4 rings (SSSR count). The molecule has 2 aromatic rings. The third-order valence-electron chi connectivity index (χ3n) is 4.58. The Kier molecular flexibility index (Phi) is 7.32. The highest BCUT2D eigenvalue weighted by atomic mass is 35.5. The Balaban J connectivity index is 0.00000121. The molecule has 1 atom stereocenters. The molecule has 0 saturated carbocycles. The second-order valence-corrected chi connectivity index (χ2v) is 7.54. The fraction of sp³-hybridized carbons (Fsp3) is 0.389. The zero-order chi connectivity index (χ0) is 16.5. The molecule has 0 radical (unpaired) electrons. The molecule has 0 bridgehead atoms. The maximum atomic E-state index is 9.29. The van der Waals surface area contributed by atoms with Gasteiger partial charge in [-0.25, -0.2) is 0 Å². The summed E-state index contributed by atoms with van der Waals surface area (Å²) in [5.41, 5.74) is 2.44. The number of hydrogen-bond acceptors (Lipinski definition) is 6. The Labute approximate surface area is 169 Å². The van der Waals surface area contributed by atoms with Crippen LogP contribution in [0.15, 0.2) is 24.4 Å². The molecule has 2 aliphatic heterocycles. The molecule has 5 nitrogen and oxygen atoms in total. The lowest BCUT2D eigenvalue weighted by Gasteiger charge is -2.36. The van der Waals surface area contributed by atoms with Gasteiger partial charge in [0.1, 0.15) is 5.00 Å². The Morgan fingerprint density at radius 1 is 1.38 bits per heavy atom. The average molecular weight is 415 g/mol. The maximum Gasteiger partial charge on any atom is 0.102 e. The highest BCUT2D eigenvalue weighted by Gasteiger charge is 2.25. The first kappa shape index (κ1) is 21.0. The summed E-state index contributed by atoms with van der Waals surface area (Å²) in [6.45, 7) is 5.12. The Morgan fingerprint density at radius 2 is 2.23 bits per heavy atom. The number of nitrogens with zero attached hydrogens (tertiary/aromatic N) is 2. The molecule has 2 aliphatic rings. The lowest BCUT2D eigenvalue weighted by atomic mass is 10.1. The monoisotopic (exact) mass is 414 g/mol. The number of pyridine rings is 1. The first-order valence-electron chi connectivity index (χ1n) is 8.38. The Hall–Kier alpha value is -1.31. The van der Waals surface area contributed by atoms with Gasteiger partial charge in [0.05, 0.1) is 11.0 Å². The van der Waals surface area contributed by atoms with Gasteiger partial charge in [-0.15, -0.1) is 36.2 Å². The molecular formula is C18H24Cl2N4OS. The number of halogens is 2. The zero-order valence-electron chi connectivity index (χ0n) is 14.6. The lowest BCUT2D eigenvalue weighted by molar-refractivity contribution is 0.217. The van der Waals surface area contributed by atoms with Gasteiger partial charge in [0.2, 0.25) is 0 Å². The molecule has 1 fully saturated rings. The van der Waals surface area contributed by atoms with Crippen LogP contribution < -0.4 is 21.2 Å². The normalized spacial score (nSPS) is 18.3. The molecule has 2 aromatic heterocycles. The largest absolute Gasteiger partial charge is 0.396 e. The smallest absolute Gasteiger partial charge is 0.102 e. The standard InChI is InChI=1S/C18H22N4OS.2ClH/c1-12-9-15-17(22-7-6-19-14(11-22)4-8-23)16-13(3-2-5-20-16)10-21-18(15)24-12;;/h2-3,5,9-10,14,19,21,23H,4,6-8,11H2,1H3;2*1H. The van der Waals surface area contributed by atoms with Gasteiger partial charge in [-0.05, 0) is 31.5 Å². The van der Waals surface area contributed by atoms with Crippen LogP contribution in [-0.2, 0) is 0 Å². The second-order valence-electron chi connectivity index (χ2n) is 6.29. The predicted molar refractivity (Wildman–Crippen MR) is 113 cm³/mol. The first-order chi connectivity index (χ1) is 11.8. The molecule has 0 aliphatic carbocycles. The molecule has 26 heavy (non-hydrogen) atoms. The summed E-state index contributed by atoms with van der Waals surface area (Å²) in [4.78, 5) is 8.42. The number of nitrogens with one attached hydrogen (secondary N) is 2. The molecular weight excluding hydrogens is 391 g/mol. The average Bonchev–Trinajstić information content (AvgIpc) is 2.88. The summed E-state index contributed by atoms with van der Waals surface area (Å²) in [7, 11) is 0. The van der Waals surface area contributed by atoms with Crippen molar-refractivity contribution in [2.75, 3.05) is 31.6 Å². The van der Waals surface area contributed by atoms with Crippen LogP contribution in [-0.4, -0.2) is 47.3 Å². The van der Waals surface area contributed by atoms with Gasteiger partial charge < -0.3 is 20.6 Å². The number of aliphatic hydroxyl groups excluding tert-OH is 1. The number of aliphatic hydroxyl groups is 1. The van der Waals surface area contributed by atoms with Gasteiger partial charge in [-0.2, -0.15) is 0 Å². The third-order valence-corrected chi connectivity index (χ3v) is 5.56. The molecule has 3 N–H and O–H groups in total. The van der Waals surface area contributed by atoms with E-state index in [0.29, 0.717) is 6.04 Å². The summed E-state index contributed by atoms with van der Waals surface area (Å²) in [6.07, 6.45) is 4.69. The fourth-order valence-corrected chi connectivity index (χ4v) is 4.38. The van der Waals surface area contributed by atoms with E-state index in [4.69, 9.17) is 4.98 Å². The van der Waals surface area contributed by atoms with E-state index in [-0.39, 0.29) is 31.4 Å². The number of piperazine rings is 1. The van der Waals surface area contributed by atoms with Gasteiger partial charge >= 0.3 is 0 Å². The van der Waals surface area contributed by atoms with Crippen LogP contribution in [0.4, 0.5) is 5.00 Å². The minimum absolute atomic E-state index is 0. The maximum absolute atomic E-state index is 9.29. The Morgan fingerprint density at radius 3 is 3.04 bits per heavy atom. The van der Waals surface area contributed by atoms with Gasteiger partial charge in [0, 0.05) is 60.3 Å². The summed E-state index contributed by atoms with van der Waals surface area (Å²) in [5.74, 6) is 0. The highest BCUT2D eigenvalue weighted by Crippen LogP contribution is 2.34. The van der Waals surface area contributed by atoms with Crippen molar-refractivity contribution in [3.63, 3.8) is 0 Å². The predicted octanol–water partition coefficient (Wildman–Crippen LogP) is 1.27. The van der Waals surface area contributed by atoms with Crippen molar-refractivity contribution in [3.8, 4) is 0 Å². The number of rotatable bonds is 3. The minimum atomic E-state index is 0. The number of aryl methyl sites for hydroxylation is 1. The highest BCUT2D eigenvalue weighted by molar-refractivity contribution is 7.16. The number of aromatic nitrogens is 1. The van der Waals surface area contributed by atoms with Crippen molar-refractivity contribution in [1.29, 1.82) is 0 Å². The van der Waals surface area contributed by atoms with E-state index in [2.05, 4.69) is 40.8 Å². The molecule has 142 valence electrons. The molecule has 0 spiro atoms. The van der Waals surface area contributed by atoms with Crippen molar-refractivity contribution in [3.05, 3.63) is 45.4 Å². The van der Waals surface area contributed by atoms with Crippen molar-refractivity contribution in [2.24, 2.45) is 0 Å². The van der Waals surface area contributed by atoms with E-state index >= 15 is 0 Å².